The fraction of sp³-hybridized carbons (Fsp3) is 0.556. The van der Waals surface area contributed by atoms with E-state index in [4.69, 9.17) is 9.15 Å². The number of urea groups is 1. The molecule has 1 aromatic heterocycles. The molecule has 7 nitrogen and oxygen atoms in total. The summed E-state index contributed by atoms with van der Waals surface area (Å²) >= 11 is 0. The number of amides is 2. The van der Waals surface area contributed by atoms with Gasteiger partial charge in [-0.1, -0.05) is 20.8 Å². The largest absolute Gasteiger partial charge is 0.440 e. The number of nitrogens with one attached hydrogen (secondary N) is 2. The number of carbonyl (C=O) groups excluding carboxylic acids is 1. The molecule has 136 valence electrons. The molecule has 25 heavy (non-hydrogen) atoms. The molecule has 3 rings (SSSR count). The number of benzene rings is 1. The smallest absolute Gasteiger partial charge is 0.319 e. The summed E-state index contributed by atoms with van der Waals surface area (Å²) < 4.78 is 11.1. The maximum absolute atomic E-state index is 12.0. The highest BCUT2D eigenvalue weighted by Gasteiger charge is 2.21. The third-order valence-electron chi connectivity index (χ3n) is 4.10. The Morgan fingerprint density at radius 3 is 2.76 bits per heavy atom. The number of nitrogens with zero attached hydrogens (tertiary/aromatic N) is 2. The Morgan fingerprint density at radius 1 is 1.28 bits per heavy atom. The van der Waals surface area contributed by atoms with E-state index in [1.807, 2.05) is 18.2 Å². The van der Waals surface area contributed by atoms with Crippen LogP contribution in [-0.2, 0) is 10.2 Å². The summed E-state index contributed by atoms with van der Waals surface area (Å²) in [6, 6.07) is 5.27. The van der Waals surface area contributed by atoms with E-state index in [1.54, 1.807) is 0 Å². The lowest BCUT2D eigenvalue weighted by Crippen LogP contribution is -2.42. The van der Waals surface area contributed by atoms with Gasteiger partial charge in [0.15, 0.2) is 5.58 Å². The van der Waals surface area contributed by atoms with Gasteiger partial charge in [-0.25, -0.2) is 9.78 Å². The summed E-state index contributed by atoms with van der Waals surface area (Å²) in [5, 5.41) is 5.72. The molecule has 0 bridgehead atoms. The van der Waals surface area contributed by atoms with E-state index in [2.05, 4.69) is 41.3 Å². The van der Waals surface area contributed by atoms with E-state index < -0.39 is 0 Å². The highest BCUT2D eigenvalue weighted by Crippen LogP contribution is 2.27. The SMILES string of the molecule is CC(C)(C)c1nc2cc(NC(=O)NCCN3CCOCC3)ccc2o1. The topological polar surface area (TPSA) is 79.6 Å². The van der Waals surface area contributed by atoms with Crippen LogP contribution in [-0.4, -0.2) is 55.3 Å². The fourth-order valence-electron chi connectivity index (χ4n) is 2.65. The number of morpholine rings is 1. The average Bonchev–Trinajstić information content (AvgIpc) is 2.99. The van der Waals surface area contributed by atoms with Crippen LogP contribution >= 0.6 is 0 Å². The zero-order valence-electron chi connectivity index (χ0n) is 15.1. The Labute approximate surface area is 147 Å². The molecule has 0 atom stereocenters. The molecule has 0 radical (unpaired) electrons. The molecule has 0 aliphatic carbocycles. The van der Waals surface area contributed by atoms with E-state index >= 15 is 0 Å². The molecule has 1 saturated heterocycles. The quantitative estimate of drug-likeness (QED) is 0.889. The first-order valence-electron chi connectivity index (χ1n) is 8.68. The van der Waals surface area contributed by atoms with Gasteiger partial charge in [0.25, 0.3) is 0 Å². The normalized spacial score (nSPS) is 16.1. The first-order valence-corrected chi connectivity index (χ1v) is 8.68. The van der Waals surface area contributed by atoms with Crippen molar-refractivity contribution in [2.24, 2.45) is 0 Å². The van der Waals surface area contributed by atoms with Crippen LogP contribution in [0.3, 0.4) is 0 Å². The average molecular weight is 346 g/mol. The van der Waals surface area contributed by atoms with Crippen LogP contribution in [0.25, 0.3) is 11.1 Å². The van der Waals surface area contributed by atoms with Crippen molar-refractivity contribution in [2.45, 2.75) is 26.2 Å². The summed E-state index contributed by atoms with van der Waals surface area (Å²) in [7, 11) is 0. The van der Waals surface area contributed by atoms with E-state index in [-0.39, 0.29) is 11.4 Å². The second-order valence-corrected chi connectivity index (χ2v) is 7.29. The number of hydrogen-bond acceptors (Lipinski definition) is 5. The molecular formula is C18H26N4O3. The van der Waals surface area contributed by atoms with Crippen molar-refractivity contribution >= 4 is 22.8 Å². The monoisotopic (exact) mass is 346 g/mol. The molecule has 2 N–H and O–H groups in total. The molecule has 1 aliphatic heterocycles. The van der Waals surface area contributed by atoms with Gasteiger partial charge in [0.1, 0.15) is 5.52 Å². The summed E-state index contributed by atoms with van der Waals surface area (Å²) in [5.41, 5.74) is 2.02. The van der Waals surface area contributed by atoms with Crippen LogP contribution in [0.15, 0.2) is 22.6 Å². The number of carbonyl (C=O) groups is 1. The van der Waals surface area contributed by atoms with Gasteiger partial charge in [-0.2, -0.15) is 0 Å². The number of ether oxygens (including phenoxy) is 1. The molecule has 0 unspecified atom stereocenters. The van der Waals surface area contributed by atoms with E-state index in [9.17, 15) is 4.79 Å². The second kappa shape index (κ2) is 7.41. The van der Waals surface area contributed by atoms with Gasteiger partial charge in [-0.05, 0) is 18.2 Å². The van der Waals surface area contributed by atoms with Crippen molar-refractivity contribution < 1.29 is 13.9 Å². The van der Waals surface area contributed by atoms with Gasteiger partial charge < -0.3 is 19.8 Å². The van der Waals surface area contributed by atoms with E-state index in [0.29, 0.717) is 18.1 Å². The minimum atomic E-state index is -0.216. The standard InChI is InChI=1S/C18H26N4O3/c1-18(2,3)16-21-14-12-13(4-5-15(14)25-16)20-17(23)19-6-7-22-8-10-24-11-9-22/h4-5,12H,6-11H2,1-3H3,(H2,19,20,23). The van der Waals surface area contributed by atoms with Gasteiger partial charge in [0.05, 0.1) is 13.2 Å². The van der Waals surface area contributed by atoms with E-state index in [1.165, 1.54) is 0 Å². The molecule has 1 aliphatic rings. The van der Waals surface area contributed by atoms with Crippen LogP contribution in [0.1, 0.15) is 26.7 Å². The van der Waals surface area contributed by atoms with Crippen LogP contribution < -0.4 is 10.6 Å². The van der Waals surface area contributed by atoms with Crippen molar-refractivity contribution in [3.8, 4) is 0 Å². The molecule has 7 heteroatoms. The van der Waals surface area contributed by atoms with Crippen molar-refractivity contribution in [1.29, 1.82) is 0 Å². The first kappa shape index (κ1) is 17.7. The molecule has 2 amide bonds. The van der Waals surface area contributed by atoms with E-state index in [0.717, 1.165) is 43.9 Å². The highest BCUT2D eigenvalue weighted by molar-refractivity contribution is 5.91. The number of rotatable bonds is 4. The Hall–Kier alpha value is -2.12. The third-order valence-corrected chi connectivity index (χ3v) is 4.10. The Bertz CT molecular complexity index is 729. The zero-order chi connectivity index (χ0) is 17.9. The molecule has 2 heterocycles. The predicted molar refractivity (Wildman–Crippen MR) is 97.0 cm³/mol. The highest BCUT2D eigenvalue weighted by atomic mass is 16.5. The maximum Gasteiger partial charge on any atom is 0.319 e. The van der Waals surface area contributed by atoms with Gasteiger partial charge >= 0.3 is 6.03 Å². The number of aromatic nitrogens is 1. The Kier molecular flexibility index (Phi) is 5.24. The minimum Gasteiger partial charge on any atom is -0.440 e. The van der Waals surface area contributed by atoms with Crippen molar-refractivity contribution in [3.63, 3.8) is 0 Å². The summed E-state index contributed by atoms with van der Waals surface area (Å²) in [4.78, 5) is 18.8. The fourth-order valence-corrected chi connectivity index (χ4v) is 2.65. The summed E-state index contributed by atoms with van der Waals surface area (Å²) in [5.74, 6) is 0.689. The minimum absolute atomic E-state index is 0.149. The molecular weight excluding hydrogens is 320 g/mol. The Morgan fingerprint density at radius 2 is 2.04 bits per heavy atom. The lowest BCUT2D eigenvalue weighted by atomic mass is 9.97. The van der Waals surface area contributed by atoms with Gasteiger partial charge in [0.2, 0.25) is 5.89 Å². The maximum atomic E-state index is 12.0. The second-order valence-electron chi connectivity index (χ2n) is 7.29. The number of anilines is 1. The first-order chi connectivity index (χ1) is 11.9. The third kappa shape index (κ3) is 4.70. The zero-order valence-corrected chi connectivity index (χ0v) is 15.1. The van der Waals surface area contributed by atoms with Crippen LogP contribution in [0.2, 0.25) is 0 Å². The van der Waals surface area contributed by atoms with Crippen LogP contribution in [0, 0.1) is 0 Å². The Balaban J connectivity index is 1.53. The summed E-state index contributed by atoms with van der Waals surface area (Å²) in [6.45, 7) is 11.0. The number of oxazole rings is 1. The van der Waals surface area contributed by atoms with Crippen molar-refractivity contribution in [1.82, 2.24) is 15.2 Å². The molecule has 0 saturated carbocycles. The molecule has 1 aromatic carbocycles. The number of hydrogen-bond donors (Lipinski definition) is 2. The lowest BCUT2D eigenvalue weighted by Gasteiger charge is -2.26. The molecule has 1 fully saturated rings. The van der Waals surface area contributed by atoms with Gasteiger partial charge in [-0.3, -0.25) is 4.90 Å². The van der Waals surface area contributed by atoms with Crippen LogP contribution in [0.4, 0.5) is 10.5 Å². The van der Waals surface area contributed by atoms with Gasteiger partial charge in [-0.15, -0.1) is 0 Å². The molecule has 0 spiro atoms. The van der Waals surface area contributed by atoms with Gasteiger partial charge in [0, 0.05) is 37.3 Å². The predicted octanol–water partition coefficient (Wildman–Crippen LogP) is 2.58. The lowest BCUT2D eigenvalue weighted by molar-refractivity contribution is 0.0388. The van der Waals surface area contributed by atoms with Crippen molar-refractivity contribution in [3.05, 3.63) is 24.1 Å². The molecule has 2 aromatic rings. The van der Waals surface area contributed by atoms with Crippen LogP contribution in [0.5, 0.6) is 0 Å². The summed E-state index contributed by atoms with van der Waals surface area (Å²) in [6.07, 6.45) is 0. The van der Waals surface area contributed by atoms with Crippen molar-refractivity contribution in [2.75, 3.05) is 44.7 Å². The number of fused-ring (bicyclic) bond motifs is 1.